The monoisotopic (exact) mass is 385 g/mol. The van der Waals surface area contributed by atoms with Gasteiger partial charge in [-0.05, 0) is 6.07 Å². The number of nitrogens with one attached hydrogen (secondary N) is 1. The van der Waals surface area contributed by atoms with Crippen molar-refractivity contribution in [1.29, 1.82) is 0 Å². The molecular formula is C14H3ClF7NO2. The normalized spacial score (nSPS) is 15.4. The zero-order valence-electron chi connectivity index (χ0n) is 11.5. The lowest BCUT2D eigenvalue weighted by Gasteiger charge is -2.25. The van der Waals surface area contributed by atoms with Gasteiger partial charge in [-0.2, -0.15) is 8.78 Å². The molecule has 3 rings (SSSR count). The van der Waals surface area contributed by atoms with Crippen LogP contribution in [0.25, 0.3) is 11.1 Å². The number of anilines is 1. The van der Waals surface area contributed by atoms with Crippen LogP contribution in [0.4, 0.5) is 36.4 Å². The quantitative estimate of drug-likeness (QED) is 0.442. The van der Waals surface area contributed by atoms with Gasteiger partial charge < -0.3 is 10.1 Å². The van der Waals surface area contributed by atoms with Crippen LogP contribution in [-0.4, -0.2) is 12.0 Å². The summed E-state index contributed by atoms with van der Waals surface area (Å²) in [5, 5.41) is 1.04. The number of halogens is 8. The topological polar surface area (TPSA) is 38.3 Å². The van der Waals surface area contributed by atoms with Crippen LogP contribution in [0.1, 0.15) is 0 Å². The van der Waals surface area contributed by atoms with E-state index in [-0.39, 0.29) is 0 Å². The first-order valence-corrected chi connectivity index (χ1v) is 6.66. The van der Waals surface area contributed by atoms with Gasteiger partial charge in [-0.25, -0.2) is 22.0 Å². The summed E-state index contributed by atoms with van der Waals surface area (Å²) in [7, 11) is 0. The molecule has 1 aliphatic heterocycles. The Balaban J connectivity index is 2.25. The molecule has 2 aromatic rings. The number of fused-ring (bicyclic) bond motifs is 1. The molecule has 25 heavy (non-hydrogen) atoms. The number of alkyl halides is 2. The molecule has 0 unspecified atom stereocenters. The van der Waals surface area contributed by atoms with Gasteiger partial charge in [0.05, 0.1) is 16.3 Å². The highest BCUT2D eigenvalue weighted by Crippen LogP contribution is 2.43. The van der Waals surface area contributed by atoms with E-state index >= 15 is 0 Å². The Bertz CT molecular complexity index is 903. The second-order valence-corrected chi connectivity index (χ2v) is 5.25. The predicted molar refractivity (Wildman–Crippen MR) is 70.9 cm³/mol. The molecule has 11 heteroatoms. The molecule has 3 nitrogen and oxygen atoms in total. The lowest BCUT2D eigenvalue weighted by molar-refractivity contribution is -0.189. The molecule has 0 fully saturated rings. The van der Waals surface area contributed by atoms with Gasteiger partial charge in [0, 0.05) is 11.6 Å². The van der Waals surface area contributed by atoms with Crippen LogP contribution in [0.5, 0.6) is 5.75 Å². The van der Waals surface area contributed by atoms with Crippen LogP contribution in [0, 0.1) is 29.1 Å². The number of hydrogen-bond acceptors (Lipinski definition) is 2. The fraction of sp³-hybridized carbons (Fsp3) is 0.0714. The highest BCUT2D eigenvalue weighted by molar-refractivity contribution is 6.33. The standard InChI is InChI=1S/C14H3ClF7NO2/c15-4-2-6-5(23-13(24)14(21,22)25-6)1-3(4)7-8(16)10(18)12(20)11(19)9(7)17/h1-2H,(H,23,24). The minimum absolute atomic E-state index is 0.487. The number of ether oxygens (including phenoxy) is 1. The first-order chi connectivity index (χ1) is 11.5. The molecule has 0 aromatic heterocycles. The number of carbonyl (C=O) groups excluding carboxylic acids is 1. The summed E-state index contributed by atoms with van der Waals surface area (Å²) in [4.78, 5) is 11.2. The van der Waals surface area contributed by atoms with Gasteiger partial charge >= 0.3 is 12.0 Å². The zero-order chi connectivity index (χ0) is 18.7. The number of benzene rings is 2. The molecule has 2 aromatic carbocycles. The fourth-order valence-electron chi connectivity index (χ4n) is 2.15. The maximum Gasteiger partial charge on any atom is 0.482 e. The summed E-state index contributed by atoms with van der Waals surface area (Å²) in [5.74, 6) is -13.7. The van der Waals surface area contributed by atoms with Crippen LogP contribution in [-0.2, 0) is 4.79 Å². The Kier molecular flexibility index (Phi) is 3.82. The molecule has 132 valence electrons. The van der Waals surface area contributed by atoms with Crippen LogP contribution < -0.4 is 10.1 Å². The summed E-state index contributed by atoms with van der Waals surface area (Å²) in [6.07, 6.45) is -4.22. The largest absolute Gasteiger partial charge is 0.482 e. The molecule has 0 spiro atoms. The Morgan fingerprint density at radius 1 is 0.920 bits per heavy atom. The molecule has 1 N–H and O–H groups in total. The first kappa shape index (κ1) is 17.3. The minimum atomic E-state index is -4.22. The number of carbonyl (C=O) groups is 1. The average molecular weight is 386 g/mol. The fourth-order valence-corrected chi connectivity index (χ4v) is 2.40. The third kappa shape index (κ3) is 2.56. The molecule has 1 heterocycles. The summed E-state index contributed by atoms with van der Waals surface area (Å²) < 4.78 is 98.0. The minimum Gasteiger partial charge on any atom is -0.423 e. The Morgan fingerprint density at radius 2 is 1.44 bits per heavy atom. The lowest BCUT2D eigenvalue weighted by Crippen LogP contribution is -2.43. The summed E-state index contributed by atoms with van der Waals surface area (Å²) in [6.45, 7) is 0. The predicted octanol–water partition coefficient (Wildman–Crippen LogP) is 4.63. The Labute approximate surface area is 138 Å². The Morgan fingerprint density at radius 3 is 2.00 bits per heavy atom. The maximum absolute atomic E-state index is 13.9. The Hall–Kier alpha value is -2.49. The van der Waals surface area contributed by atoms with Gasteiger partial charge in [-0.3, -0.25) is 4.79 Å². The van der Waals surface area contributed by atoms with Crippen molar-refractivity contribution in [2.24, 2.45) is 0 Å². The molecule has 0 saturated heterocycles. The van der Waals surface area contributed by atoms with E-state index in [1.165, 1.54) is 0 Å². The van der Waals surface area contributed by atoms with E-state index in [1.54, 1.807) is 5.32 Å². The SMILES string of the molecule is O=C1Nc2cc(-c3c(F)c(F)c(F)c(F)c3F)c(Cl)cc2OC1(F)F. The number of amides is 1. The van der Waals surface area contributed by atoms with Gasteiger partial charge in [0.1, 0.15) is 0 Å². The summed E-state index contributed by atoms with van der Waals surface area (Å²) in [5.41, 5.74) is -2.59. The van der Waals surface area contributed by atoms with Crippen molar-refractivity contribution in [3.05, 3.63) is 46.2 Å². The van der Waals surface area contributed by atoms with Gasteiger partial charge in [0.25, 0.3) is 0 Å². The third-order valence-corrected chi connectivity index (χ3v) is 3.61. The van der Waals surface area contributed by atoms with E-state index < -0.39 is 68.7 Å². The first-order valence-electron chi connectivity index (χ1n) is 6.28. The molecule has 0 aliphatic carbocycles. The highest BCUT2D eigenvalue weighted by atomic mass is 35.5. The second-order valence-electron chi connectivity index (χ2n) is 4.85. The molecule has 0 bridgehead atoms. The van der Waals surface area contributed by atoms with E-state index in [0.29, 0.717) is 12.1 Å². The summed E-state index contributed by atoms with van der Waals surface area (Å²) >= 11 is 5.70. The van der Waals surface area contributed by atoms with Crippen LogP contribution in [0.2, 0.25) is 5.02 Å². The van der Waals surface area contributed by atoms with Crippen molar-refractivity contribution in [1.82, 2.24) is 0 Å². The lowest BCUT2D eigenvalue weighted by atomic mass is 10.0. The van der Waals surface area contributed by atoms with Crippen LogP contribution >= 0.6 is 11.6 Å². The van der Waals surface area contributed by atoms with Crippen molar-refractivity contribution < 1.29 is 40.3 Å². The third-order valence-electron chi connectivity index (χ3n) is 3.30. The molecule has 1 amide bonds. The van der Waals surface area contributed by atoms with Gasteiger partial charge in [0.15, 0.2) is 29.0 Å². The van der Waals surface area contributed by atoms with Crippen molar-refractivity contribution in [2.75, 3.05) is 5.32 Å². The van der Waals surface area contributed by atoms with E-state index in [4.69, 9.17) is 11.6 Å². The zero-order valence-corrected chi connectivity index (χ0v) is 12.3. The van der Waals surface area contributed by atoms with Crippen molar-refractivity contribution in [3.63, 3.8) is 0 Å². The molecular weight excluding hydrogens is 383 g/mol. The van der Waals surface area contributed by atoms with E-state index in [0.717, 1.165) is 0 Å². The average Bonchev–Trinajstić information content (AvgIpc) is 2.53. The smallest absolute Gasteiger partial charge is 0.423 e. The van der Waals surface area contributed by atoms with Crippen molar-refractivity contribution >= 4 is 23.2 Å². The maximum atomic E-state index is 13.9. The summed E-state index contributed by atoms with van der Waals surface area (Å²) in [6, 6.07) is 1.31. The van der Waals surface area contributed by atoms with Crippen molar-refractivity contribution in [2.45, 2.75) is 6.11 Å². The van der Waals surface area contributed by atoms with Crippen LogP contribution in [0.3, 0.4) is 0 Å². The number of rotatable bonds is 1. The van der Waals surface area contributed by atoms with Gasteiger partial charge in [-0.1, -0.05) is 11.6 Å². The van der Waals surface area contributed by atoms with E-state index in [2.05, 4.69) is 4.74 Å². The highest BCUT2D eigenvalue weighted by Gasteiger charge is 2.46. The molecule has 1 aliphatic rings. The van der Waals surface area contributed by atoms with E-state index in [9.17, 15) is 35.5 Å². The second kappa shape index (κ2) is 5.51. The molecule has 0 atom stereocenters. The molecule has 0 radical (unpaired) electrons. The molecule has 0 saturated carbocycles. The van der Waals surface area contributed by atoms with E-state index in [1.807, 2.05) is 0 Å². The van der Waals surface area contributed by atoms with Crippen molar-refractivity contribution in [3.8, 4) is 16.9 Å². The van der Waals surface area contributed by atoms with Gasteiger partial charge in [-0.15, -0.1) is 0 Å². The van der Waals surface area contributed by atoms with Gasteiger partial charge in [0.2, 0.25) is 5.82 Å². The van der Waals surface area contributed by atoms with Crippen LogP contribution in [0.15, 0.2) is 12.1 Å². The number of hydrogen-bond donors (Lipinski definition) is 1.